The number of aliphatic hydroxyl groups is 1. The summed E-state index contributed by atoms with van der Waals surface area (Å²) < 4.78 is 7.15. The van der Waals surface area contributed by atoms with Crippen LogP contribution in [0.5, 0.6) is 5.75 Å². The van der Waals surface area contributed by atoms with E-state index >= 15 is 0 Å². The quantitative estimate of drug-likeness (QED) is 0.857. The van der Waals surface area contributed by atoms with Gasteiger partial charge in [0.25, 0.3) is 0 Å². The number of rotatable bonds is 6. The standard InChI is InChI=1S/C14H27N3O2/c1-14(2,3)9-11(18)13-12(19-6)10-15-17(13)8-7-16(4)5/h10-11,18H,7-9H2,1-6H3. The van der Waals surface area contributed by atoms with E-state index in [0.717, 1.165) is 18.8 Å². The minimum Gasteiger partial charge on any atom is -0.493 e. The van der Waals surface area contributed by atoms with Gasteiger partial charge in [0.05, 0.1) is 26.0 Å². The summed E-state index contributed by atoms with van der Waals surface area (Å²) in [5.74, 6) is 0.663. The number of aliphatic hydroxyl groups excluding tert-OH is 1. The normalized spacial score (nSPS) is 13.9. The van der Waals surface area contributed by atoms with Gasteiger partial charge in [0.1, 0.15) is 5.69 Å². The lowest BCUT2D eigenvalue weighted by atomic mass is 9.88. The van der Waals surface area contributed by atoms with Crippen molar-refractivity contribution >= 4 is 0 Å². The molecule has 110 valence electrons. The molecule has 0 radical (unpaired) electrons. The van der Waals surface area contributed by atoms with E-state index in [1.54, 1.807) is 13.3 Å². The second-order valence-corrected chi connectivity index (χ2v) is 6.41. The molecule has 0 bridgehead atoms. The van der Waals surface area contributed by atoms with Crippen LogP contribution in [0.25, 0.3) is 0 Å². The molecule has 0 fully saturated rings. The second-order valence-electron chi connectivity index (χ2n) is 6.41. The zero-order valence-corrected chi connectivity index (χ0v) is 13.0. The first-order chi connectivity index (χ1) is 8.74. The lowest BCUT2D eigenvalue weighted by molar-refractivity contribution is 0.110. The van der Waals surface area contributed by atoms with Crippen molar-refractivity contribution < 1.29 is 9.84 Å². The third kappa shape index (κ3) is 4.84. The van der Waals surface area contributed by atoms with Crippen LogP contribution < -0.4 is 4.74 Å². The second kappa shape index (κ2) is 6.39. The lowest BCUT2D eigenvalue weighted by Crippen LogP contribution is -2.22. The maximum absolute atomic E-state index is 10.4. The molecule has 1 atom stereocenters. The summed E-state index contributed by atoms with van der Waals surface area (Å²) in [6.45, 7) is 7.96. The first kappa shape index (κ1) is 16.0. The number of ether oxygens (including phenoxy) is 1. The molecule has 1 aromatic rings. The van der Waals surface area contributed by atoms with Crippen molar-refractivity contribution in [2.45, 2.75) is 39.8 Å². The Morgan fingerprint density at radius 1 is 1.42 bits per heavy atom. The molecule has 19 heavy (non-hydrogen) atoms. The predicted molar refractivity (Wildman–Crippen MR) is 76.4 cm³/mol. The van der Waals surface area contributed by atoms with E-state index in [4.69, 9.17) is 4.74 Å². The maximum Gasteiger partial charge on any atom is 0.162 e. The summed E-state index contributed by atoms with van der Waals surface area (Å²) in [6, 6.07) is 0. The van der Waals surface area contributed by atoms with Gasteiger partial charge < -0.3 is 14.7 Å². The minimum atomic E-state index is -0.556. The number of nitrogens with zero attached hydrogens (tertiary/aromatic N) is 3. The van der Waals surface area contributed by atoms with E-state index in [9.17, 15) is 5.11 Å². The number of hydrogen-bond donors (Lipinski definition) is 1. The third-order valence-electron chi connectivity index (χ3n) is 2.95. The highest BCUT2D eigenvalue weighted by Gasteiger charge is 2.24. The summed E-state index contributed by atoms with van der Waals surface area (Å²) in [5.41, 5.74) is 0.834. The number of likely N-dealkylation sites (N-methyl/N-ethyl adjacent to an activating group) is 1. The summed E-state index contributed by atoms with van der Waals surface area (Å²) in [4.78, 5) is 2.09. The third-order valence-corrected chi connectivity index (χ3v) is 2.95. The van der Waals surface area contributed by atoms with Crippen molar-refractivity contribution in [3.05, 3.63) is 11.9 Å². The molecule has 0 aromatic carbocycles. The largest absolute Gasteiger partial charge is 0.493 e. The van der Waals surface area contributed by atoms with Crippen LogP contribution in [0, 0.1) is 5.41 Å². The maximum atomic E-state index is 10.4. The molecule has 0 amide bonds. The van der Waals surface area contributed by atoms with Crippen molar-refractivity contribution in [2.24, 2.45) is 5.41 Å². The Balaban J connectivity index is 2.92. The van der Waals surface area contributed by atoms with Gasteiger partial charge in [0, 0.05) is 6.54 Å². The van der Waals surface area contributed by atoms with Gasteiger partial charge in [-0.25, -0.2) is 0 Å². The first-order valence-corrected chi connectivity index (χ1v) is 6.67. The number of aromatic nitrogens is 2. The molecule has 1 aromatic heterocycles. The fourth-order valence-corrected chi connectivity index (χ4v) is 2.02. The SMILES string of the molecule is COc1cnn(CCN(C)C)c1C(O)CC(C)(C)C. The molecule has 5 nitrogen and oxygen atoms in total. The van der Waals surface area contributed by atoms with Crippen LogP contribution in [0.2, 0.25) is 0 Å². The van der Waals surface area contributed by atoms with E-state index < -0.39 is 6.10 Å². The zero-order valence-electron chi connectivity index (χ0n) is 13.0. The molecule has 1 heterocycles. The molecule has 1 N–H and O–H groups in total. The van der Waals surface area contributed by atoms with Crippen LogP contribution in [0.3, 0.4) is 0 Å². The van der Waals surface area contributed by atoms with Crippen LogP contribution in [-0.2, 0) is 6.54 Å². The highest BCUT2D eigenvalue weighted by Crippen LogP contribution is 2.33. The molecule has 0 aliphatic rings. The van der Waals surface area contributed by atoms with Gasteiger partial charge in [-0.15, -0.1) is 0 Å². The highest BCUT2D eigenvalue weighted by atomic mass is 16.5. The Morgan fingerprint density at radius 3 is 2.53 bits per heavy atom. The first-order valence-electron chi connectivity index (χ1n) is 6.67. The molecule has 0 aliphatic carbocycles. The predicted octanol–water partition coefficient (Wildman–Crippen LogP) is 1.92. The monoisotopic (exact) mass is 269 g/mol. The van der Waals surface area contributed by atoms with Gasteiger partial charge in [0.2, 0.25) is 0 Å². The van der Waals surface area contributed by atoms with E-state index in [-0.39, 0.29) is 5.41 Å². The molecule has 0 aliphatic heterocycles. The molecular formula is C14H27N3O2. The molecule has 1 rings (SSSR count). The van der Waals surface area contributed by atoms with Gasteiger partial charge in [-0.3, -0.25) is 4.68 Å². The van der Waals surface area contributed by atoms with Crippen molar-refractivity contribution in [1.29, 1.82) is 0 Å². The van der Waals surface area contributed by atoms with Crippen LogP contribution in [0.1, 0.15) is 39.0 Å². The van der Waals surface area contributed by atoms with Crippen molar-refractivity contribution in [2.75, 3.05) is 27.7 Å². The summed E-state index contributed by atoms with van der Waals surface area (Å²) in [6.07, 6.45) is 1.80. The highest BCUT2D eigenvalue weighted by molar-refractivity contribution is 5.27. The van der Waals surface area contributed by atoms with E-state index in [1.807, 2.05) is 18.8 Å². The van der Waals surface area contributed by atoms with Crippen LogP contribution >= 0.6 is 0 Å². The molecule has 1 unspecified atom stereocenters. The number of hydrogen-bond acceptors (Lipinski definition) is 4. The van der Waals surface area contributed by atoms with Crippen molar-refractivity contribution in [3.8, 4) is 5.75 Å². The molecule has 0 saturated carbocycles. The summed E-state index contributed by atoms with van der Waals surface area (Å²) >= 11 is 0. The average Bonchev–Trinajstić information content (AvgIpc) is 2.66. The molecule has 5 heteroatoms. The van der Waals surface area contributed by atoms with E-state index in [0.29, 0.717) is 12.2 Å². The summed E-state index contributed by atoms with van der Waals surface area (Å²) in [7, 11) is 5.65. The Bertz CT molecular complexity index is 394. The van der Waals surface area contributed by atoms with Gasteiger partial charge in [-0.05, 0) is 25.9 Å². The van der Waals surface area contributed by atoms with Gasteiger partial charge in [0.15, 0.2) is 5.75 Å². The smallest absolute Gasteiger partial charge is 0.162 e. The van der Waals surface area contributed by atoms with Gasteiger partial charge in [-0.1, -0.05) is 20.8 Å². The van der Waals surface area contributed by atoms with Gasteiger partial charge in [-0.2, -0.15) is 5.10 Å². The van der Waals surface area contributed by atoms with Crippen LogP contribution in [0.4, 0.5) is 0 Å². The lowest BCUT2D eigenvalue weighted by Gasteiger charge is -2.23. The molecule has 0 spiro atoms. The Labute approximate surface area is 116 Å². The Morgan fingerprint density at radius 2 is 2.05 bits per heavy atom. The van der Waals surface area contributed by atoms with E-state index in [1.165, 1.54) is 0 Å². The fraction of sp³-hybridized carbons (Fsp3) is 0.786. The number of methoxy groups -OCH3 is 1. The molecular weight excluding hydrogens is 242 g/mol. The minimum absolute atomic E-state index is 0.0566. The molecule has 0 saturated heterocycles. The van der Waals surface area contributed by atoms with E-state index in [2.05, 4.69) is 30.8 Å². The van der Waals surface area contributed by atoms with Crippen molar-refractivity contribution in [1.82, 2.24) is 14.7 Å². The van der Waals surface area contributed by atoms with Crippen LogP contribution in [0.15, 0.2) is 6.20 Å². The topological polar surface area (TPSA) is 50.5 Å². The summed E-state index contributed by atoms with van der Waals surface area (Å²) in [5, 5.41) is 14.8. The van der Waals surface area contributed by atoms with Crippen LogP contribution in [-0.4, -0.2) is 47.5 Å². The zero-order chi connectivity index (χ0) is 14.6. The Kier molecular flexibility index (Phi) is 5.38. The average molecular weight is 269 g/mol. The van der Waals surface area contributed by atoms with Crippen molar-refractivity contribution in [3.63, 3.8) is 0 Å². The van der Waals surface area contributed by atoms with Gasteiger partial charge >= 0.3 is 0 Å². The Hall–Kier alpha value is -1.07. The fourth-order valence-electron chi connectivity index (χ4n) is 2.02.